The van der Waals surface area contributed by atoms with Gasteiger partial charge >= 0.3 is 6.09 Å². The lowest BCUT2D eigenvalue weighted by atomic mass is 10.0. The number of carbonyl (C=O) groups is 1. The maximum atomic E-state index is 11.8. The molecule has 0 aliphatic heterocycles. The molecule has 0 aliphatic carbocycles. The van der Waals surface area contributed by atoms with E-state index in [9.17, 15) is 4.79 Å². The number of benzene rings is 1. The van der Waals surface area contributed by atoms with Crippen LogP contribution in [0.4, 0.5) is 4.79 Å². The third kappa shape index (κ3) is 5.75. The van der Waals surface area contributed by atoms with Gasteiger partial charge in [-0.1, -0.05) is 29.8 Å². The largest absolute Gasteiger partial charge is 0.444 e. The summed E-state index contributed by atoms with van der Waals surface area (Å²) in [6.45, 7) is 7.47. The van der Waals surface area contributed by atoms with Crippen molar-refractivity contribution in [2.75, 3.05) is 6.61 Å². The Morgan fingerprint density at radius 2 is 1.89 bits per heavy atom. The number of ether oxygens (including phenoxy) is 1. The van der Waals surface area contributed by atoms with Crippen LogP contribution in [0.1, 0.15) is 44.4 Å². The van der Waals surface area contributed by atoms with Gasteiger partial charge in [0, 0.05) is 6.61 Å². The van der Waals surface area contributed by atoms with Gasteiger partial charge in [-0.05, 0) is 39.7 Å². The van der Waals surface area contributed by atoms with Gasteiger partial charge in [0.2, 0.25) is 0 Å². The van der Waals surface area contributed by atoms with Crippen LogP contribution in [-0.4, -0.2) is 23.4 Å². The fourth-order valence-electron chi connectivity index (χ4n) is 1.70. The van der Waals surface area contributed by atoms with E-state index < -0.39 is 11.7 Å². The van der Waals surface area contributed by atoms with Crippen LogP contribution in [0.25, 0.3) is 0 Å². The second-order valence-corrected chi connectivity index (χ2v) is 5.62. The van der Waals surface area contributed by atoms with Crippen molar-refractivity contribution in [3.63, 3.8) is 0 Å². The summed E-state index contributed by atoms with van der Waals surface area (Å²) in [6.07, 6.45) is -0.00556. The highest BCUT2D eigenvalue weighted by molar-refractivity contribution is 5.68. The molecule has 0 aromatic heterocycles. The van der Waals surface area contributed by atoms with E-state index in [-0.39, 0.29) is 12.6 Å². The number of amides is 1. The molecule has 0 radical (unpaired) electrons. The van der Waals surface area contributed by atoms with Gasteiger partial charge in [0.15, 0.2) is 0 Å². The van der Waals surface area contributed by atoms with Gasteiger partial charge in [0.05, 0.1) is 6.04 Å². The summed E-state index contributed by atoms with van der Waals surface area (Å²) in [7, 11) is 0. The number of aryl methyl sites for hydroxylation is 1. The molecule has 0 aliphatic rings. The molecule has 0 fully saturated rings. The lowest BCUT2D eigenvalue weighted by Gasteiger charge is -2.23. The van der Waals surface area contributed by atoms with Crippen LogP contribution in [0.15, 0.2) is 24.3 Å². The molecule has 0 saturated carbocycles. The smallest absolute Gasteiger partial charge is 0.408 e. The quantitative estimate of drug-likeness (QED) is 0.880. The summed E-state index contributed by atoms with van der Waals surface area (Å²) >= 11 is 0. The molecular formula is C15H23NO3. The number of alkyl carbamates (subject to hydrolysis) is 1. The van der Waals surface area contributed by atoms with Gasteiger partial charge in [-0.2, -0.15) is 0 Å². The van der Waals surface area contributed by atoms with Crippen LogP contribution in [-0.2, 0) is 4.74 Å². The van der Waals surface area contributed by atoms with Crippen LogP contribution >= 0.6 is 0 Å². The van der Waals surface area contributed by atoms with Gasteiger partial charge in [0.1, 0.15) is 5.60 Å². The number of hydrogen-bond acceptors (Lipinski definition) is 3. The normalized spacial score (nSPS) is 12.9. The van der Waals surface area contributed by atoms with Gasteiger partial charge in [-0.3, -0.25) is 0 Å². The van der Waals surface area contributed by atoms with Gasteiger partial charge in [-0.25, -0.2) is 4.79 Å². The number of nitrogens with one attached hydrogen (secondary N) is 1. The monoisotopic (exact) mass is 265 g/mol. The molecule has 0 spiro atoms. The van der Waals surface area contributed by atoms with E-state index in [0.717, 1.165) is 11.1 Å². The van der Waals surface area contributed by atoms with Crippen LogP contribution < -0.4 is 5.32 Å². The van der Waals surface area contributed by atoms with Crippen LogP contribution in [0, 0.1) is 6.92 Å². The Morgan fingerprint density at radius 1 is 1.32 bits per heavy atom. The van der Waals surface area contributed by atoms with Gasteiger partial charge in [0.25, 0.3) is 0 Å². The molecule has 2 N–H and O–H groups in total. The van der Waals surface area contributed by atoms with E-state index in [1.165, 1.54) is 0 Å². The number of carbonyl (C=O) groups excluding carboxylic acids is 1. The highest BCUT2D eigenvalue weighted by atomic mass is 16.6. The zero-order valence-electron chi connectivity index (χ0n) is 12.1. The molecule has 1 atom stereocenters. The minimum atomic E-state index is -0.527. The zero-order chi connectivity index (χ0) is 14.5. The average molecular weight is 265 g/mol. The first-order valence-electron chi connectivity index (χ1n) is 6.49. The molecule has 0 saturated heterocycles. The van der Waals surface area contributed by atoms with Crippen molar-refractivity contribution in [3.05, 3.63) is 35.4 Å². The topological polar surface area (TPSA) is 58.6 Å². The second kappa shape index (κ2) is 6.57. The van der Waals surface area contributed by atoms with Crippen LogP contribution in [0.3, 0.4) is 0 Å². The molecule has 1 amide bonds. The minimum absolute atomic E-state index is 0.00827. The first-order chi connectivity index (χ1) is 8.81. The Hall–Kier alpha value is -1.55. The van der Waals surface area contributed by atoms with Crippen LogP contribution in [0.5, 0.6) is 0 Å². The van der Waals surface area contributed by atoms with Crippen molar-refractivity contribution in [1.82, 2.24) is 5.32 Å². The lowest BCUT2D eigenvalue weighted by Crippen LogP contribution is -2.35. The number of aliphatic hydroxyl groups is 1. The highest BCUT2D eigenvalue weighted by Gasteiger charge is 2.20. The summed E-state index contributed by atoms with van der Waals surface area (Å²) < 4.78 is 5.23. The maximum absolute atomic E-state index is 11.8. The van der Waals surface area contributed by atoms with E-state index in [4.69, 9.17) is 9.84 Å². The SMILES string of the molecule is Cc1ccc(C(CCO)NC(=O)OC(C)(C)C)cc1. The Kier molecular flexibility index (Phi) is 5.36. The van der Waals surface area contributed by atoms with Crippen LogP contribution in [0.2, 0.25) is 0 Å². The molecule has 0 heterocycles. The Balaban J connectivity index is 2.73. The summed E-state index contributed by atoms with van der Waals surface area (Å²) in [4.78, 5) is 11.8. The summed E-state index contributed by atoms with van der Waals surface area (Å²) in [5.74, 6) is 0. The lowest BCUT2D eigenvalue weighted by molar-refractivity contribution is 0.0496. The molecule has 106 valence electrons. The van der Waals surface area contributed by atoms with Crippen molar-refractivity contribution >= 4 is 6.09 Å². The molecule has 1 aromatic carbocycles. The number of rotatable bonds is 4. The molecule has 19 heavy (non-hydrogen) atoms. The van der Waals surface area contributed by atoms with Gasteiger partial charge < -0.3 is 15.2 Å². The minimum Gasteiger partial charge on any atom is -0.444 e. The fraction of sp³-hybridized carbons (Fsp3) is 0.533. The van der Waals surface area contributed by atoms with E-state index >= 15 is 0 Å². The van der Waals surface area contributed by atoms with Crippen molar-refractivity contribution in [3.8, 4) is 0 Å². The standard InChI is InChI=1S/C15H23NO3/c1-11-5-7-12(8-6-11)13(9-10-17)16-14(18)19-15(2,3)4/h5-8,13,17H,9-10H2,1-4H3,(H,16,18). The number of hydrogen-bond donors (Lipinski definition) is 2. The molecule has 1 aromatic rings. The molecular weight excluding hydrogens is 242 g/mol. The molecule has 4 nitrogen and oxygen atoms in total. The molecule has 1 unspecified atom stereocenters. The fourth-order valence-corrected chi connectivity index (χ4v) is 1.70. The van der Waals surface area contributed by atoms with Gasteiger partial charge in [-0.15, -0.1) is 0 Å². The molecule has 1 rings (SSSR count). The first-order valence-corrected chi connectivity index (χ1v) is 6.49. The van der Waals surface area contributed by atoms with Crippen molar-refractivity contribution in [2.45, 2.75) is 45.8 Å². The third-order valence-electron chi connectivity index (χ3n) is 2.59. The predicted octanol–water partition coefficient (Wildman–Crippen LogP) is 2.94. The van der Waals surface area contributed by atoms with E-state index in [1.54, 1.807) is 0 Å². The second-order valence-electron chi connectivity index (χ2n) is 5.62. The first kappa shape index (κ1) is 15.5. The zero-order valence-corrected chi connectivity index (χ0v) is 12.1. The highest BCUT2D eigenvalue weighted by Crippen LogP contribution is 2.18. The van der Waals surface area contributed by atoms with Crippen molar-refractivity contribution in [2.24, 2.45) is 0 Å². The summed E-state index contributed by atoms with van der Waals surface area (Å²) in [6, 6.07) is 7.63. The Labute approximate surface area is 114 Å². The summed E-state index contributed by atoms with van der Waals surface area (Å²) in [5, 5.41) is 11.9. The van der Waals surface area contributed by atoms with Crippen molar-refractivity contribution in [1.29, 1.82) is 0 Å². The molecule has 4 heteroatoms. The van der Waals surface area contributed by atoms with E-state index in [2.05, 4.69) is 5.32 Å². The van der Waals surface area contributed by atoms with E-state index in [1.807, 2.05) is 52.0 Å². The molecule has 0 bridgehead atoms. The Morgan fingerprint density at radius 3 is 2.37 bits per heavy atom. The summed E-state index contributed by atoms with van der Waals surface area (Å²) in [5.41, 5.74) is 1.59. The Bertz CT molecular complexity index is 406. The average Bonchev–Trinajstić information content (AvgIpc) is 2.27. The number of aliphatic hydroxyl groups excluding tert-OH is 1. The predicted molar refractivity (Wildman–Crippen MR) is 75.0 cm³/mol. The maximum Gasteiger partial charge on any atom is 0.408 e. The van der Waals surface area contributed by atoms with E-state index in [0.29, 0.717) is 6.42 Å². The van der Waals surface area contributed by atoms with Crippen molar-refractivity contribution < 1.29 is 14.6 Å². The third-order valence-corrected chi connectivity index (χ3v) is 2.59.